The molecule has 136 valence electrons. The van der Waals surface area contributed by atoms with Crippen LogP contribution in [0.4, 0.5) is 0 Å². The van der Waals surface area contributed by atoms with Crippen molar-refractivity contribution >= 4 is 0 Å². The average molecular weight is 323 g/mol. The molecule has 0 aromatic carbocycles. The molecule has 0 aliphatic carbocycles. The SMILES string of the molecule is CC(C)CCCN1CCCC(CC(C)CCCN2CCCC2)C1. The number of hydrogen-bond donors (Lipinski definition) is 0. The highest BCUT2D eigenvalue weighted by Gasteiger charge is 2.21. The van der Waals surface area contributed by atoms with Crippen molar-refractivity contribution in [3.8, 4) is 0 Å². The lowest BCUT2D eigenvalue weighted by molar-refractivity contribution is 0.151. The van der Waals surface area contributed by atoms with Gasteiger partial charge in [0.25, 0.3) is 0 Å². The molecule has 2 fully saturated rings. The molecule has 0 bridgehead atoms. The van der Waals surface area contributed by atoms with Crippen LogP contribution < -0.4 is 0 Å². The Morgan fingerprint density at radius 2 is 1.48 bits per heavy atom. The van der Waals surface area contributed by atoms with Crippen LogP contribution in [-0.4, -0.2) is 49.1 Å². The minimum Gasteiger partial charge on any atom is -0.303 e. The van der Waals surface area contributed by atoms with Gasteiger partial charge in [0, 0.05) is 6.54 Å². The second-order valence-corrected chi connectivity index (χ2v) is 8.88. The monoisotopic (exact) mass is 322 g/mol. The summed E-state index contributed by atoms with van der Waals surface area (Å²) in [6.45, 7) is 15.4. The van der Waals surface area contributed by atoms with E-state index in [1.165, 1.54) is 97.1 Å². The van der Waals surface area contributed by atoms with Crippen LogP contribution in [-0.2, 0) is 0 Å². The Labute approximate surface area is 146 Å². The molecule has 2 aliphatic heterocycles. The molecule has 2 heteroatoms. The summed E-state index contributed by atoms with van der Waals surface area (Å²) in [6, 6.07) is 0. The van der Waals surface area contributed by atoms with E-state index in [0.29, 0.717) is 0 Å². The minimum atomic E-state index is 0.867. The summed E-state index contributed by atoms with van der Waals surface area (Å²) in [4.78, 5) is 5.43. The van der Waals surface area contributed by atoms with E-state index < -0.39 is 0 Å². The van der Waals surface area contributed by atoms with Crippen molar-refractivity contribution in [1.82, 2.24) is 9.80 Å². The topological polar surface area (TPSA) is 6.48 Å². The second kappa shape index (κ2) is 10.7. The zero-order chi connectivity index (χ0) is 16.5. The minimum absolute atomic E-state index is 0.867. The normalized spacial score (nSPS) is 25.3. The zero-order valence-electron chi connectivity index (χ0n) is 16.2. The molecule has 2 nitrogen and oxygen atoms in total. The van der Waals surface area contributed by atoms with Gasteiger partial charge in [-0.3, -0.25) is 0 Å². The molecule has 23 heavy (non-hydrogen) atoms. The van der Waals surface area contributed by atoms with Gasteiger partial charge in [0.2, 0.25) is 0 Å². The molecule has 2 atom stereocenters. The highest BCUT2D eigenvalue weighted by Crippen LogP contribution is 2.26. The van der Waals surface area contributed by atoms with Crippen molar-refractivity contribution in [3.05, 3.63) is 0 Å². The lowest BCUT2D eigenvalue weighted by Gasteiger charge is -2.34. The quantitative estimate of drug-likeness (QED) is 0.556. The van der Waals surface area contributed by atoms with E-state index in [1.807, 2.05) is 0 Å². The smallest absolute Gasteiger partial charge is 0.000976 e. The summed E-state index contributed by atoms with van der Waals surface area (Å²) >= 11 is 0. The second-order valence-electron chi connectivity index (χ2n) is 8.88. The number of rotatable bonds is 10. The first kappa shape index (κ1) is 19.2. The Bertz CT molecular complexity index is 296. The maximum absolute atomic E-state index is 2.76. The van der Waals surface area contributed by atoms with E-state index >= 15 is 0 Å². The molecule has 2 rings (SSSR count). The van der Waals surface area contributed by atoms with Gasteiger partial charge in [-0.15, -0.1) is 0 Å². The molecule has 0 spiro atoms. The van der Waals surface area contributed by atoms with Gasteiger partial charge >= 0.3 is 0 Å². The first-order valence-electron chi connectivity index (χ1n) is 10.6. The molecule has 2 aliphatic rings. The van der Waals surface area contributed by atoms with Crippen LogP contribution in [0.3, 0.4) is 0 Å². The third-order valence-electron chi connectivity index (χ3n) is 5.96. The van der Waals surface area contributed by atoms with Crippen LogP contribution in [0.5, 0.6) is 0 Å². The van der Waals surface area contributed by atoms with Crippen molar-refractivity contribution in [1.29, 1.82) is 0 Å². The van der Waals surface area contributed by atoms with Crippen molar-refractivity contribution in [3.63, 3.8) is 0 Å². The molecule has 0 N–H and O–H groups in total. The molecule has 0 saturated carbocycles. The molecular formula is C21H42N2. The molecule has 2 heterocycles. The lowest BCUT2D eigenvalue weighted by atomic mass is 9.87. The van der Waals surface area contributed by atoms with Crippen LogP contribution in [0, 0.1) is 17.8 Å². The Balaban J connectivity index is 1.56. The van der Waals surface area contributed by atoms with E-state index in [2.05, 4.69) is 30.6 Å². The first-order valence-corrected chi connectivity index (χ1v) is 10.6. The third kappa shape index (κ3) is 8.03. The fourth-order valence-corrected chi connectivity index (χ4v) is 4.63. The van der Waals surface area contributed by atoms with E-state index in [1.54, 1.807) is 0 Å². The number of piperidine rings is 1. The molecule has 0 aromatic rings. The summed E-state index contributed by atoms with van der Waals surface area (Å²) in [5.74, 6) is 2.77. The van der Waals surface area contributed by atoms with Gasteiger partial charge in [-0.1, -0.05) is 20.8 Å². The zero-order valence-corrected chi connectivity index (χ0v) is 16.2. The van der Waals surface area contributed by atoms with Gasteiger partial charge in [0.15, 0.2) is 0 Å². The number of likely N-dealkylation sites (tertiary alicyclic amines) is 2. The van der Waals surface area contributed by atoms with Crippen molar-refractivity contribution in [2.24, 2.45) is 17.8 Å². The van der Waals surface area contributed by atoms with Crippen LogP contribution >= 0.6 is 0 Å². The Kier molecular flexibility index (Phi) is 8.97. The molecule has 0 aromatic heterocycles. The highest BCUT2D eigenvalue weighted by molar-refractivity contribution is 4.75. The van der Waals surface area contributed by atoms with Crippen molar-refractivity contribution < 1.29 is 0 Å². The largest absolute Gasteiger partial charge is 0.303 e. The maximum atomic E-state index is 2.76. The molecule has 2 unspecified atom stereocenters. The molecular weight excluding hydrogens is 280 g/mol. The molecule has 2 saturated heterocycles. The lowest BCUT2D eigenvalue weighted by Crippen LogP contribution is -2.36. The van der Waals surface area contributed by atoms with Crippen LogP contribution in [0.2, 0.25) is 0 Å². The van der Waals surface area contributed by atoms with Gasteiger partial charge < -0.3 is 9.80 Å². The van der Waals surface area contributed by atoms with Gasteiger partial charge in [-0.2, -0.15) is 0 Å². The Hall–Kier alpha value is -0.0800. The summed E-state index contributed by atoms with van der Waals surface area (Å²) in [7, 11) is 0. The first-order chi connectivity index (χ1) is 11.1. The molecule has 0 radical (unpaired) electrons. The maximum Gasteiger partial charge on any atom is 0.000976 e. The molecule has 0 amide bonds. The highest BCUT2D eigenvalue weighted by atomic mass is 15.1. The van der Waals surface area contributed by atoms with E-state index in [0.717, 1.165) is 17.8 Å². The van der Waals surface area contributed by atoms with Crippen molar-refractivity contribution in [2.75, 3.05) is 39.3 Å². The van der Waals surface area contributed by atoms with E-state index in [4.69, 9.17) is 0 Å². The van der Waals surface area contributed by atoms with Crippen LogP contribution in [0.1, 0.15) is 78.6 Å². The van der Waals surface area contributed by atoms with Gasteiger partial charge in [-0.05, 0) is 108 Å². The van der Waals surface area contributed by atoms with Gasteiger partial charge in [0.05, 0.1) is 0 Å². The number of nitrogens with zero attached hydrogens (tertiary/aromatic N) is 2. The van der Waals surface area contributed by atoms with E-state index in [-0.39, 0.29) is 0 Å². The number of hydrogen-bond acceptors (Lipinski definition) is 2. The van der Waals surface area contributed by atoms with Gasteiger partial charge in [0.1, 0.15) is 0 Å². The average Bonchev–Trinajstić information content (AvgIpc) is 3.00. The third-order valence-corrected chi connectivity index (χ3v) is 5.96. The Morgan fingerprint density at radius 1 is 0.826 bits per heavy atom. The summed E-state index contributed by atoms with van der Waals surface area (Å²) < 4.78 is 0. The summed E-state index contributed by atoms with van der Waals surface area (Å²) in [6.07, 6.45) is 12.9. The standard InChI is InChI=1S/C21H42N2/c1-19(2)9-6-15-23-16-8-11-21(18-23)17-20(3)10-7-14-22-12-4-5-13-22/h19-21H,4-18H2,1-3H3. The summed E-state index contributed by atoms with van der Waals surface area (Å²) in [5.41, 5.74) is 0. The van der Waals surface area contributed by atoms with Crippen LogP contribution in [0.15, 0.2) is 0 Å². The predicted octanol–water partition coefficient (Wildman–Crippen LogP) is 5.04. The summed E-state index contributed by atoms with van der Waals surface area (Å²) in [5, 5.41) is 0. The van der Waals surface area contributed by atoms with Crippen molar-refractivity contribution in [2.45, 2.75) is 78.6 Å². The fourth-order valence-electron chi connectivity index (χ4n) is 4.63. The van der Waals surface area contributed by atoms with Crippen LogP contribution in [0.25, 0.3) is 0 Å². The fraction of sp³-hybridized carbons (Fsp3) is 1.00. The predicted molar refractivity (Wildman–Crippen MR) is 102 cm³/mol. The van der Waals surface area contributed by atoms with E-state index in [9.17, 15) is 0 Å². The van der Waals surface area contributed by atoms with Gasteiger partial charge in [-0.25, -0.2) is 0 Å². The Morgan fingerprint density at radius 3 is 2.22 bits per heavy atom.